The van der Waals surface area contributed by atoms with Crippen LogP contribution in [0, 0.1) is 0 Å². The number of methoxy groups -OCH3 is 1. The van der Waals surface area contributed by atoms with E-state index in [4.69, 9.17) is 4.74 Å². The highest BCUT2D eigenvalue weighted by Gasteiger charge is 2.05. The maximum atomic E-state index is 5.20. The standard InChI is InChI=1S/C14H12N2O/c1-17-13-7-8-16-12(9-13)10-15-14(16)11-5-3-2-4-6-11/h2-10H,1H3. The highest BCUT2D eigenvalue weighted by molar-refractivity contribution is 5.63. The molecule has 3 rings (SSSR count). The van der Waals surface area contributed by atoms with E-state index in [9.17, 15) is 0 Å². The van der Waals surface area contributed by atoms with Crippen LogP contribution in [0.3, 0.4) is 0 Å². The van der Waals surface area contributed by atoms with Gasteiger partial charge in [0.2, 0.25) is 0 Å². The molecule has 0 aliphatic heterocycles. The molecule has 0 aliphatic carbocycles. The van der Waals surface area contributed by atoms with E-state index in [0.29, 0.717) is 0 Å². The summed E-state index contributed by atoms with van der Waals surface area (Å²) in [5.41, 5.74) is 2.14. The summed E-state index contributed by atoms with van der Waals surface area (Å²) < 4.78 is 7.25. The van der Waals surface area contributed by atoms with Gasteiger partial charge in [0, 0.05) is 17.8 Å². The topological polar surface area (TPSA) is 26.5 Å². The molecule has 84 valence electrons. The van der Waals surface area contributed by atoms with Gasteiger partial charge in [-0.25, -0.2) is 4.98 Å². The third-order valence-electron chi connectivity index (χ3n) is 2.77. The zero-order valence-corrected chi connectivity index (χ0v) is 9.50. The third kappa shape index (κ3) is 1.65. The van der Waals surface area contributed by atoms with Crippen molar-refractivity contribution in [2.75, 3.05) is 7.11 Å². The zero-order valence-electron chi connectivity index (χ0n) is 9.50. The van der Waals surface area contributed by atoms with Crippen molar-refractivity contribution >= 4 is 5.52 Å². The number of rotatable bonds is 2. The molecule has 3 heteroatoms. The molecule has 0 radical (unpaired) electrons. The van der Waals surface area contributed by atoms with Crippen molar-refractivity contribution in [3.8, 4) is 17.1 Å². The molecule has 0 amide bonds. The van der Waals surface area contributed by atoms with Crippen molar-refractivity contribution in [1.29, 1.82) is 0 Å². The van der Waals surface area contributed by atoms with Gasteiger partial charge in [0.05, 0.1) is 18.8 Å². The lowest BCUT2D eigenvalue weighted by molar-refractivity contribution is 0.414. The predicted octanol–water partition coefficient (Wildman–Crippen LogP) is 3.01. The van der Waals surface area contributed by atoms with Crippen LogP contribution in [0.4, 0.5) is 0 Å². The number of hydrogen-bond acceptors (Lipinski definition) is 2. The van der Waals surface area contributed by atoms with E-state index in [-0.39, 0.29) is 0 Å². The summed E-state index contributed by atoms with van der Waals surface area (Å²) in [4.78, 5) is 4.45. The van der Waals surface area contributed by atoms with E-state index in [0.717, 1.165) is 22.7 Å². The number of aromatic nitrogens is 2. The maximum Gasteiger partial charge on any atom is 0.144 e. The Hall–Kier alpha value is -2.29. The minimum atomic E-state index is 0.844. The Morgan fingerprint density at radius 2 is 1.94 bits per heavy atom. The summed E-state index contributed by atoms with van der Waals surface area (Å²) in [6.07, 6.45) is 3.83. The zero-order chi connectivity index (χ0) is 11.7. The second-order valence-electron chi connectivity index (χ2n) is 3.81. The summed E-state index contributed by atoms with van der Waals surface area (Å²) in [5.74, 6) is 1.79. The van der Waals surface area contributed by atoms with Crippen molar-refractivity contribution in [2.24, 2.45) is 0 Å². The molecule has 0 unspecified atom stereocenters. The number of nitrogens with zero attached hydrogens (tertiary/aromatic N) is 2. The lowest BCUT2D eigenvalue weighted by Gasteiger charge is -2.03. The van der Waals surface area contributed by atoms with Gasteiger partial charge in [0.15, 0.2) is 0 Å². The summed E-state index contributed by atoms with van der Waals surface area (Å²) in [6.45, 7) is 0. The second kappa shape index (κ2) is 3.94. The monoisotopic (exact) mass is 224 g/mol. The molecule has 0 N–H and O–H groups in total. The largest absolute Gasteiger partial charge is 0.497 e. The van der Waals surface area contributed by atoms with E-state index in [2.05, 4.69) is 21.5 Å². The highest BCUT2D eigenvalue weighted by atomic mass is 16.5. The van der Waals surface area contributed by atoms with E-state index < -0.39 is 0 Å². The molecule has 3 aromatic rings. The first-order valence-electron chi connectivity index (χ1n) is 5.45. The van der Waals surface area contributed by atoms with Crippen LogP contribution in [0.25, 0.3) is 16.9 Å². The van der Waals surface area contributed by atoms with Crippen LogP contribution in [0.15, 0.2) is 54.9 Å². The van der Waals surface area contributed by atoms with Crippen LogP contribution in [-0.4, -0.2) is 16.5 Å². The molecule has 0 aliphatic rings. The average molecular weight is 224 g/mol. The first-order valence-corrected chi connectivity index (χ1v) is 5.45. The molecular formula is C14H12N2O. The van der Waals surface area contributed by atoms with Crippen molar-refractivity contribution < 1.29 is 4.74 Å². The molecule has 0 spiro atoms. The molecule has 2 heterocycles. The van der Waals surface area contributed by atoms with Crippen LogP contribution in [0.2, 0.25) is 0 Å². The smallest absolute Gasteiger partial charge is 0.144 e. The Morgan fingerprint density at radius 3 is 2.71 bits per heavy atom. The lowest BCUT2D eigenvalue weighted by Crippen LogP contribution is -1.90. The van der Waals surface area contributed by atoms with Gasteiger partial charge in [-0.05, 0) is 6.07 Å². The van der Waals surface area contributed by atoms with E-state index in [1.54, 1.807) is 7.11 Å². The van der Waals surface area contributed by atoms with Gasteiger partial charge in [-0.1, -0.05) is 30.3 Å². The number of ether oxygens (including phenoxy) is 1. The second-order valence-corrected chi connectivity index (χ2v) is 3.81. The quantitative estimate of drug-likeness (QED) is 0.669. The first kappa shape index (κ1) is 9.90. The minimum Gasteiger partial charge on any atom is -0.497 e. The van der Waals surface area contributed by atoms with Crippen LogP contribution < -0.4 is 4.74 Å². The fourth-order valence-electron chi connectivity index (χ4n) is 1.91. The molecule has 0 bridgehead atoms. The molecule has 2 aromatic heterocycles. The number of imidazole rings is 1. The Morgan fingerprint density at radius 1 is 1.12 bits per heavy atom. The summed E-state index contributed by atoms with van der Waals surface area (Å²) in [5, 5.41) is 0. The van der Waals surface area contributed by atoms with Gasteiger partial charge in [-0.15, -0.1) is 0 Å². The van der Waals surface area contributed by atoms with Crippen LogP contribution >= 0.6 is 0 Å². The maximum absolute atomic E-state index is 5.20. The molecular weight excluding hydrogens is 212 g/mol. The fraction of sp³-hybridized carbons (Fsp3) is 0.0714. The fourth-order valence-corrected chi connectivity index (χ4v) is 1.91. The SMILES string of the molecule is COc1ccn2c(-c3ccccc3)ncc2c1. The number of benzene rings is 1. The van der Waals surface area contributed by atoms with Crippen LogP contribution in [-0.2, 0) is 0 Å². The summed E-state index contributed by atoms with van der Waals surface area (Å²) >= 11 is 0. The molecule has 17 heavy (non-hydrogen) atoms. The highest BCUT2D eigenvalue weighted by Crippen LogP contribution is 2.22. The van der Waals surface area contributed by atoms with Gasteiger partial charge >= 0.3 is 0 Å². The number of fused-ring (bicyclic) bond motifs is 1. The van der Waals surface area contributed by atoms with Gasteiger partial charge < -0.3 is 4.74 Å². The normalized spacial score (nSPS) is 10.6. The Balaban J connectivity index is 2.19. The van der Waals surface area contributed by atoms with Crippen LogP contribution in [0.1, 0.15) is 0 Å². The number of pyridine rings is 1. The molecule has 0 saturated heterocycles. The van der Waals surface area contributed by atoms with Gasteiger partial charge in [0.25, 0.3) is 0 Å². The van der Waals surface area contributed by atoms with Gasteiger partial charge in [-0.2, -0.15) is 0 Å². The minimum absolute atomic E-state index is 0.844. The molecule has 0 fully saturated rings. The van der Waals surface area contributed by atoms with Crippen LogP contribution in [0.5, 0.6) is 5.75 Å². The lowest BCUT2D eigenvalue weighted by atomic mass is 10.2. The van der Waals surface area contributed by atoms with E-state index in [1.165, 1.54) is 0 Å². The third-order valence-corrected chi connectivity index (χ3v) is 2.77. The average Bonchev–Trinajstić information content (AvgIpc) is 2.82. The summed E-state index contributed by atoms with van der Waals surface area (Å²) in [7, 11) is 1.67. The Kier molecular flexibility index (Phi) is 2.29. The Bertz CT molecular complexity index is 644. The molecule has 3 nitrogen and oxygen atoms in total. The van der Waals surface area contributed by atoms with Crippen molar-refractivity contribution in [3.63, 3.8) is 0 Å². The first-order chi connectivity index (χ1) is 8.38. The van der Waals surface area contributed by atoms with Gasteiger partial charge in [0.1, 0.15) is 11.6 Å². The van der Waals surface area contributed by atoms with Crippen molar-refractivity contribution in [3.05, 3.63) is 54.9 Å². The van der Waals surface area contributed by atoms with Gasteiger partial charge in [-0.3, -0.25) is 4.40 Å². The molecule has 1 aromatic carbocycles. The van der Waals surface area contributed by atoms with Crippen molar-refractivity contribution in [1.82, 2.24) is 9.38 Å². The number of hydrogen-bond donors (Lipinski definition) is 0. The molecule has 0 saturated carbocycles. The predicted molar refractivity (Wildman–Crippen MR) is 67.2 cm³/mol. The van der Waals surface area contributed by atoms with Crippen molar-refractivity contribution in [2.45, 2.75) is 0 Å². The Labute approximate surface area is 99.3 Å². The summed E-state index contributed by atoms with van der Waals surface area (Å²) in [6, 6.07) is 14.0. The molecule has 0 atom stereocenters. The van der Waals surface area contributed by atoms with E-state index >= 15 is 0 Å². The van der Waals surface area contributed by atoms with E-state index in [1.807, 2.05) is 42.7 Å².